The molecule has 3 N–H and O–H groups in total. The summed E-state index contributed by atoms with van der Waals surface area (Å²) in [5, 5.41) is 28.8. The van der Waals surface area contributed by atoms with Crippen LogP contribution in [0.15, 0.2) is 0 Å². The van der Waals surface area contributed by atoms with E-state index >= 15 is 0 Å². The fraction of sp³-hybridized carbons (Fsp3) is 1.00. The molecule has 0 spiro atoms. The minimum Gasteiger partial charge on any atom is -0.393 e. The fourth-order valence-electron chi connectivity index (χ4n) is 2.21. The number of aliphatic hydroxyl groups excluding tert-OH is 3. The molecular formula is C14H28O5. The first-order chi connectivity index (χ1) is 8.93. The highest BCUT2D eigenvalue weighted by molar-refractivity contribution is 4.78. The zero-order valence-electron chi connectivity index (χ0n) is 12.2. The molecule has 0 saturated carbocycles. The Kier molecular flexibility index (Phi) is 7.25. The fourth-order valence-corrected chi connectivity index (χ4v) is 2.21. The first-order valence-corrected chi connectivity index (χ1v) is 7.29. The highest BCUT2D eigenvalue weighted by Gasteiger charge is 2.35. The lowest BCUT2D eigenvalue weighted by Crippen LogP contribution is -2.48. The summed E-state index contributed by atoms with van der Waals surface area (Å²) in [6.07, 6.45) is 0.865. The van der Waals surface area contributed by atoms with Crippen LogP contribution < -0.4 is 0 Å². The van der Waals surface area contributed by atoms with Gasteiger partial charge in [0.25, 0.3) is 0 Å². The van der Waals surface area contributed by atoms with Gasteiger partial charge in [0.15, 0.2) is 6.29 Å². The quantitative estimate of drug-likeness (QED) is 0.651. The van der Waals surface area contributed by atoms with E-state index in [0.717, 1.165) is 25.7 Å². The van der Waals surface area contributed by atoms with Crippen molar-refractivity contribution in [2.75, 3.05) is 0 Å². The van der Waals surface area contributed by atoms with Crippen LogP contribution >= 0.6 is 0 Å². The number of rotatable bonds is 7. The molecule has 0 bridgehead atoms. The molecule has 5 heteroatoms. The Morgan fingerprint density at radius 3 is 2.58 bits per heavy atom. The van der Waals surface area contributed by atoms with Crippen molar-refractivity contribution in [2.45, 2.75) is 89.7 Å². The number of hydrogen-bond acceptors (Lipinski definition) is 5. The molecule has 19 heavy (non-hydrogen) atoms. The summed E-state index contributed by atoms with van der Waals surface area (Å²) in [6, 6.07) is 0. The Bertz CT molecular complexity index is 248. The maximum absolute atomic E-state index is 9.81. The number of ether oxygens (including phenoxy) is 2. The molecule has 1 fully saturated rings. The van der Waals surface area contributed by atoms with E-state index in [0.29, 0.717) is 0 Å². The normalized spacial score (nSPS) is 35.1. The molecule has 0 radical (unpaired) electrons. The molecular weight excluding hydrogens is 248 g/mol. The summed E-state index contributed by atoms with van der Waals surface area (Å²) in [4.78, 5) is 0. The zero-order valence-corrected chi connectivity index (χ0v) is 12.2. The van der Waals surface area contributed by atoms with E-state index in [1.165, 1.54) is 0 Å². The van der Waals surface area contributed by atoms with Gasteiger partial charge in [-0.05, 0) is 39.5 Å². The van der Waals surface area contributed by atoms with Crippen molar-refractivity contribution in [1.82, 2.24) is 0 Å². The van der Waals surface area contributed by atoms with E-state index < -0.39 is 18.5 Å². The minimum absolute atomic E-state index is 0.0360. The van der Waals surface area contributed by atoms with Gasteiger partial charge in [-0.25, -0.2) is 0 Å². The van der Waals surface area contributed by atoms with Crippen LogP contribution in [-0.2, 0) is 9.47 Å². The average Bonchev–Trinajstić information content (AvgIpc) is 2.35. The monoisotopic (exact) mass is 276 g/mol. The summed E-state index contributed by atoms with van der Waals surface area (Å²) >= 11 is 0. The number of aliphatic hydroxyl groups is 3. The van der Waals surface area contributed by atoms with E-state index in [9.17, 15) is 15.3 Å². The van der Waals surface area contributed by atoms with Crippen LogP contribution in [0.1, 0.15) is 52.9 Å². The first-order valence-electron chi connectivity index (χ1n) is 7.29. The molecule has 0 amide bonds. The Hall–Kier alpha value is -0.200. The molecule has 1 heterocycles. The minimum atomic E-state index is -0.783. The lowest BCUT2D eigenvalue weighted by atomic mass is 10.0. The highest BCUT2D eigenvalue weighted by atomic mass is 16.7. The van der Waals surface area contributed by atoms with E-state index in [1.807, 2.05) is 13.8 Å². The van der Waals surface area contributed by atoms with Crippen molar-refractivity contribution >= 4 is 0 Å². The maximum Gasteiger partial charge on any atom is 0.184 e. The third-order valence-electron chi connectivity index (χ3n) is 3.67. The van der Waals surface area contributed by atoms with Gasteiger partial charge >= 0.3 is 0 Å². The van der Waals surface area contributed by atoms with E-state index in [1.54, 1.807) is 6.92 Å². The molecule has 1 aliphatic rings. The van der Waals surface area contributed by atoms with Gasteiger partial charge in [0.05, 0.1) is 24.4 Å². The summed E-state index contributed by atoms with van der Waals surface area (Å²) in [6.45, 7) is 5.67. The smallest absolute Gasteiger partial charge is 0.184 e. The van der Waals surface area contributed by atoms with Crippen LogP contribution in [0.4, 0.5) is 0 Å². The van der Waals surface area contributed by atoms with Crippen molar-refractivity contribution in [1.29, 1.82) is 0 Å². The molecule has 0 aliphatic carbocycles. The zero-order chi connectivity index (χ0) is 14.4. The van der Waals surface area contributed by atoms with Crippen molar-refractivity contribution in [3.8, 4) is 0 Å². The van der Waals surface area contributed by atoms with Crippen LogP contribution in [0.3, 0.4) is 0 Å². The second-order valence-corrected chi connectivity index (χ2v) is 5.52. The predicted octanol–water partition coefficient (Wildman–Crippen LogP) is 1.19. The highest BCUT2D eigenvalue weighted by Crippen LogP contribution is 2.23. The van der Waals surface area contributed by atoms with Gasteiger partial charge < -0.3 is 24.8 Å². The maximum atomic E-state index is 9.81. The molecule has 0 aromatic carbocycles. The first kappa shape index (κ1) is 16.9. The average molecular weight is 276 g/mol. The van der Waals surface area contributed by atoms with Gasteiger partial charge in [-0.15, -0.1) is 0 Å². The summed E-state index contributed by atoms with van der Waals surface area (Å²) in [5.41, 5.74) is 0. The van der Waals surface area contributed by atoms with E-state index in [2.05, 4.69) is 0 Å². The van der Waals surface area contributed by atoms with E-state index in [4.69, 9.17) is 9.47 Å². The van der Waals surface area contributed by atoms with Crippen molar-refractivity contribution in [3.05, 3.63) is 0 Å². The van der Waals surface area contributed by atoms with Gasteiger partial charge in [0, 0.05) is 6.42 Å². The van der Waals surface area contributed by atoms with Gasteiger partial charge in [0.1, 0.15) is 6.10 Å². The van der Waals surface area contributed by atoms with Crippen LogP contribution in [0.2, 0.25) is 0 Å². The Balaban J connectivity index is 2.25. The third kappa shape index (κ3) is 5.75. The molecule has 1 saturated heterocycles. The molecule has 6 atom stereocenters. The summed E-state index contributed by atoms with van der Waals surface area (Å²) in [7, 11) is 0. The van der Waals surface area contributed by atoms with Crippen LogP contribution in [0.25, 0.3) is 0 Å². The van der Waals surface area contributed by atoms with E-state index in [-0.39, 0.29) is 24.7 Å². The van der Waals surface area contributed by atoms with Gasteiger partial charge in [-0.2, -0.15) is 0 Å². The van der Waals surface area contributed by atoms with Crippen LogP contribution in [0.5, 0.6) is 0 Å². The largest absolute Gasteiger partial charge is 0.393 e. The Labute approximate surface area is 115 Å². The van der Waals surface area contributed by atoms with Gasteiger partial charge in [-0.1, -0.05) is 6.92 Å². The lowest BCUT2D eigenvalue weighted by Gasteiger charge is -2.36. The van der Waals surface area contributed by atoms with Gasteiger partial charge in [0.2, 0.25) is 0 Å². The molecule has 114 valence electrons. The summed E-state index contributed by atoms with van der Waals surface area (Å²) < 4.78 is 11.1. The second-order valence-electron chi connectivity index (χ2n) is 5.52. The predicted molar refractivity (Wildman–Crippen MR) is 71.7 cm³/mol. The SMILES string of the molecule is CCC(O)CCC[C@@H](C)O[C@@H]1OC(C)[C@H](O)CC1O. The topological polar surface area (TPSA) is 79.2 Å². The van der Waals surface area contributed by atoms with Crippen molar-refractivity contribution in [2.24, 2.45) is 0 Å². The van der Waals surface area contributed by atoms with Crippen molar-refractivity contribution < 1.29 is 24.8 Å². The Morgan fingerprint density at radius 2 is 1.95 bits per heavy atom. The number of hydrogen-bond donors (Lipinski definition) is 3. The standard InChI is InChI=1S/C14H28O5/c1-4-11(15)7-5-6-9(2)18-14-13(17)8-12(16)10(3)19-14/h9-17H,4-8H2,1-3H3/t9-,10?,11?,12-,13?,14-/m1/s1. The molecule has 3 unspecified atom stereocenters. The molecule has 0 aromatic heterocycles. The molecule has 5 nitrogen and oxygen atoms in total. The van der Waals surface area contributed by atoms with Crippen molar-refractivity contribution in [3.63, 3.8) is 0 Å². The van der Waals surface area contributed by atoms with Crippen LogP contribution in [0, 0.1) is 0 Å². The Morgan fingerprint density at radius 1 is 1.26 bits per heavy atom. The van der Waals surface area contributed by atoms with Crippen LogP contribution in [-0.4, -0.2) is 52.1 Å². The molecule has 1 aliphatic heterocycles. The molecule has 1 rings (SSSR count). The lowest BCUT2D eigenvalue weighted by molar-refractivity contribution is -0.273. The second kappa shape index (κ2) is 8.17. The van der Waals surface area contributed by atoms with Gasteiger partial charge in [-0.3, -0.25) is 0 Å². The third-order valence-corrected chi connectivity index (χ3v) is 3.67. The summed E-state index contributed by atoms with van der Waals surface area (Å²) in [5.74, 6) is 0. The molecule has 0 aromatic rings.